The number of alkyl halides is 11. The largest absolute Gasteiger partial charge is 0.478 e. The lowest BCUT2D eigenvalue weighted by Gasteiger charge is -2.28. The van der Waals surface area contributed by atoms with Crippen molar-refractivity contribution in [1.29, 1.82) is 0 Å². The number of nitrogens with one attached hydrogen (secondary N) is 1. The third kappa shape index (κ3) is 21.2. The van der Waals surface area contributed by atoms with Gasteiger partial charge in [0.25, 0.3) is 35.5 Å². The zero-order valence-corrected chi connectivity index (χ0v) is 71.2. The number of ketones is 6. The number of allylic oxidation sites excluding steroid dienone is 1. The van der Waals surface area contributed by atoms with E-state index in [2.05, 4.69) is 66.8 Å². The van der Waals surface area contributed by atoms with Gasteiger partial charge in [0.15, 0.2) is 34.7 Å². The van der Waals surface area contributed by atoms with E-state index in [0.717, 1.165) is 57.8 Å². The van der Waals surface area contributed by atoms with Crippen molar-refractivity contribution >= 4 is 104 Å². The van der Waals surface area contributed by atoms with Gasteiger partial charge in [0.2, 0.25) is 5.88 Å². The number of nitrogens with zero attached hydrogens (tertiary/aromatic N) is 2. The number of benzene rings is 8. The molecule has 1 aromatic heterocycles. The number of morpholine rings is 1. The van der Waals surface area contributed by atoms with Crippen molar-refractivity contribution in [3.63, 3.8) is 0 Å². The van der Waals surface area contributed by atoms with Crippen LogP contribution in [-0.4, -0.2) is 118 Å². The molecule has 0 bridgehead atoms. The molecule has 8 aromatic carbocycles. The normalized spacial score (nSPS) is 18.0. The Morgan fingerprint density at radius 1 is 0.512 bits per heavy atom. The number of hydrogen-bond donors (Lipinski definition) is 3. The summed E-state index contributed by atoms with van der Waals surface area (Å²) in [6, 6.07) is 42.8. The second-order valence-corrected chi connectivity index (χ2v) is 35.2. The van der Waals surface area contributed by atoms with Gasteiger partial charge < -0.3 is 29.9 Å². The number of carboxylic acids is 1. The fourth-order valence-electron chi connectivity index (χ4n) is 15.7. The molecule has 1 amide bonds. The van der Waals surface area contributed by atoms with Gasteiger partial charge >= 0.3 is 5.97 Å². The molecular formula is C95H88BrF10N3O12S2. The molecule has 9 aromatic rings. The number of rotatable bonds is 13. The van der Waals surface area contributed by atoms with E-state index >= 15 is 0 Å². The third-order valence-electron chi connectivity index (χ3n) is 22.6. The summed E-state index contributed by atoms with van der Waals surface area (Å²) in [6.07, 6.45) is 6.82. The number of aliphatic hydroxyl groups excluding tert-OH is 1. The zero-order chi connectivity index (χ0) is 88.8. The van der Waals surface area contributed by atoms with Crippen LogP contribution in [0, 0.1) is 6.92 Å². The van der Waals surface area contributed by atoms with Crippen molar-refractivity contribution in [2.75, 3.05) is 61.2 Å². The Labute approximate surface area is 721 Å². The van der Waals surface area contributed by atoms with Crippen molar-refractivity contribution < 1.29 is 102 Å². The highest BCUT2D eigenvalue weighted by atomic mass is 79.9. The van der Waals surface area contributed by atoms with Crippen LogP contribution in [0.1, 0.15) is 227 Å². The summed E-state index contributed by atoms with van der Waals surface area (Å²) in [7, 11) is 0. The first kappa shape index (κ1) is 91.8. The molecule has 2 fully saturated rings. The number of carboxylic acid groups (broad SMARTS) is 1. The highest BCUT2D eigenvalue weighted by Gasteiger charge is 2.48. The first-order valence-corrected chi connectivity index (χ1v) is 42.8. The Kier molecular flexibility index (Phi) is 28.3. The molecule has 9 aliphatic rings. The number of aromatic nitrogens is 1. The van der Waals surface area contributed by atoms with Crippen LogP contribution in [0.5, 0.6) is 5.88 Å². The molecule has 18 rings (SSSR count). The van der Waals surface area contributed by atoms with Gasteiger partial charge in [-0.3, -0.25) is 33.6 Å². The molecule has 2 saturated heterocycles. The first-order valence-electron chi connectivity index (χ1n) is 39.9. The number of carbonyl (C=O) groups is 8. The minimum atomic E-state index is -2.93. The quantitative estimate of drug-likeness (QED) is 0.0554. The fourth-order valence-corrected chi connectivity index (χ4v) is 19.6. The third-order valence-corrected chi connectivity index (χ3v) is 27.1. The van der Waals surface area contributed by atoms with E-state index in [9.17, 15) is 87.4 Å². The highest BCUT2D eigenvalue weighted by Crippen LogP contribution is 2.59. The lowest BCUT2D eigenvalue weighted by atomic mass is 10.00. The maximum atomic E-state index is 14.2. The zero-order valence-electron chi connectivity index (χ0n) is 68.0. The van der Waals surface area contributed by atoms with E-state index in [0.29, 0.717) is 120 Å². The predicted molar refractivity (Wildman–Crippen MR) is 458 cm³/mol. The molecule has 1 unspecified atom stereocenters. The van der Waals surface area contributed by atoms with Gasteiger partial charge in [-0.1, -0.05) is 101 Å². The number of ether oxygens (including phenoxy) is 2. The van der Waals surface area contributed by atoms with Crippen LogP contribution in [0.4, 0.5) is 55.4 Å². The summed E-state index contributed by atoms with van der Waals surface area (Å²) in [4.78, 5) is 96.3. The summed E-state index contributed by atoms with van der Waals surface area (Å²) in [6.45, 7) is 11.9. The van der Waals surface area contributed by atoms with E-state index in [1.54, 1.807) is 79.7 Å². The van der Waals surface area contributed by atoms with Gasteiger partial charge in [-0.15, -0.1) is 23.5 Å². The van der Waals surface area contributed by atoms with Gasteiger partial charge in [0.1, 0.15) is 12.4 Å². The number of aliphatic hydroxyl groups is 1. The van der Waals surface area contributed by atoms with Crippen molar-refractivity contribution in [3.05, 3.63) is 286 Å². The Morgan fingerprint density at radius 2 is 0.967 bits per heavy atom. The minimum absolute atomic E-state index is 0.0162. The molecule has 644 valence electrons. The Balaban J connectivity index is 0.000000137. The van der Waals surface area contributed by atoms with Gasteiger partial charge in [-0.2, -0.15) is 13.8 Å². The molecule has 1 spiro atoms. The maximum absolute atomic E-state index is 14.2. The van der Waals surface area contributed by atoms with Crippen molar-refractivity contribution in [3.8, 4) is 17.0 Å². The van der Waals surface area contributed by atoms with Crippen LogP contribution in [0.2, 0.25) is 0 Å². The van der Waals surface area contributed by atoms with Crippen molar-refractivity contribution in [2.45, 2.75) is 151 Å². The number of Topliss-reactive ketones (excluding diaryl/α,β-unsaturated/α-hetero) is 6. The molecule has 15 nitrogen and oxygen atoms in total. The summed E-state index contributed by atoms with van der Waals surface area (Å²) in [5.74, 6) is -12.5. The molecule has 3 heterocycles. The average molecular weight is 1800 g/mol. The second-order valence-electron chi connectivity index (χ2n) is 31.1. The molecule has 1 atom stereocenters. The SMILES string of the molecule is CC(=O)c1ccc2c(c1)C(=O)CC2.CC(=O)c1ccc2c(c1)C(F)(F)C(Br)C2.CC(=O)c1ccc2c(c1)C(F)(F)C=C2.CC(=O)c1ccc2c(c1)C(F)(F)CC2.CC(=O)c1ccc2c(c1)C1(CC2)SCCS1.Cc1ccc(NC(=O)c2ccc3c(c2)C(F)(F)CC3)cc1-c1cc(OCCO)nc(N2CCOCC2)c1.O=C(O)c1ccc2c(c1)C(F)(F)CC2. The molecule has 0 radical (unpaired) electrons. The lowest BCUT2D eigenvalue weighted by molar-refractivity contribution is -0.00249. The number of aryl methyl sites for hydroxylation is 6. The van der Waals surface area contributed by atoms with Crippen molar-refractivity contribution in [1.82, 2.24) is 4.98 Å². The number of thioether (sulfide) groups is 2. The fraction of sp³-hybridized carbons (Fsp3) is 0.337. The number of carbonyl (C=O) groups excluding carboxylic acids is 7. The van der Waals surface area contributed by atoms with E-state index < -0.39 is 46.3 Å². The molecule has 2 aliphatic heterocycles. The number of anilines is 2. The van der Waals surface area contributed by atoms with Crippen LogP contribution in [0.3, 0.4) is 0 Å². The number of hydrogen-bond acceptors (Lipinski definition) is 15. The van der Waals surface area contributed by atoms with E-state index in [1.165, 1.54) is 106 Å². The van der Waals surface area contributed by atoms with Gasteiger partial charge in [0.05, 0.1) is 34.3 Å². The highest BCUT2D eigenvalue weighted by molar-refractivity contribution is 9.09. The number of aromatic carboxylic acids is 1. The standard InChI is InChI=1S/C28H29F2N3O4.C13H14OS2.C11H9BrF2O.C11H10F2O.C11H8F2O.C11H10O2.C10H8F2O2/c1-18-2-5-22(31-27(35)20-4-3-19-6-7-28(29,30)24(19)14-20)17-23(18)21-15-25(33-8-11-36-12-9-33)32-26(16-21)37-13-10-34;1-9(14)11-3-2-10-4-5-13(12(10)8-11)15-6-7-16-13;1-6(15)7-2-3-8-5-10(12)11(13,14)9(8)4-7;2*1-7(14)9-3-2-8-4-5-11(12,13)10(8)6-9;1-7(12)9-3-2-8-4-5-11(13)10(8)6-9;11-10(12)4-3-6-1-2-7(9(13)14)5-8(6)10/h2-5,14-17,34H,6-13H2,1H3,(H,31,35);2-3,8H,4-7H2,1H3;2-4,10H,5H2,1H3;2-3,6H,4-5H2,1H3;2-6H,1H3;2-3,6H,4-5H2,1H3;1-2,5H,3-4H2,(H,13,14). The van der Waals surface area contributed by atoms with Gasteiger partial charge in [0, 0.05) is 129 Å². The molecule has 123 heavy (non-hydrogen) atoms. The average Bonchev–Trinajstić information content (AvgIpc) is 1.61. The summed E-state index contributed by atoms with van der Waals surface area (Å²) < 4.78 is 146. The molecular weight excluding hydrogens is 1710 g/mol. The summed E-state index contributed by atoms with van der Waals surface area (Å²) >= 11 is 7.10. The Morgan fingerprint density at radius 3 is 1.50 bits per heavy atom. The monoisotopic (exact) mass is 1800 g/mol. The maximum Gasteiger partial charge on any atom is 0.335 e. The van der Waals surface area contributed by atoms with Crippen LogP contribution < -0.4 is 15.0 Å². The topological polar surface area (TPSA) is 224 Å². The summed E-state index contributed by atoms with van der Waals surface area (Å²) in [5.41, 5.74) is 13.2. The van der Waals surface area contributed by atoms with E-state index in [1.807, 2.05) is 37.3 Å². The molecule has 0 saturated carbocycles. The van der Waals surface area contributed by atoms with Crippen LogP contribution in [-0.2, 0) is 77.0 Å². The van der Waals surface area contributed by atoms with Crippen LogP contribution in [0.15, 0.2) is 164 Å². The van der Waals surface area contributed by atoms with Gasteiger partial charge in [-0.25, -0.2) is 39.9 Å². The molecule has 3 N–H and O–H groups in total. The second kappa shape index (κ2) is 38.0. The van der Waals surface area contributed by atoms with Crippen molar-refractivity contribution in [2.24, 2.45) is 0 Å². The Bertz CT molecular complexity index is 5560. The Hall–Kier alpha value is -10.4. The van der Waals surface area contributed by atoms with Gasteiger partial charge in [-0.05, 0) is 227 Å². The number of halogens is 11. The lowest BCUT2D eigenvalue weighted by Crippen LogP contribution is -2.36. The predicted octanol–water partition coefficient (Wildman–Crippen LogP) is 21.7. The van der Waals surface area contributed by atoms with E-state index in [4.69, 9.17) is 14.6 Å². The molecule has 28 heteroatoms. The minimum Gasteiger partial charge on any atom is -0.478 e. The number of fused-ring (bicyclic) bond motifs is 8. The van der Waals surface area contributed by atoms with E-state index in [-0.39, 0.29) is 110 Å². The number of amides is 1. The number of pyridine rings is 1. The summed E-state index contributed by atoms with van der Waals surface area (Å²) in [5, 5.41) is 20.7. The smallest absolute Gasteiger partial charge is 0.335 e. The van der Waals surface area contributed by atoms with Crippen LogP contribution >= 0.6 is 39.5 Å². The molecule has 7 aliphatic carbocycles. The first-order chi connectivity index (χ1) is 58.2. The van der Waals surface area contributed by atoms with Crippen LogP contribution in [0.25, 0.3) is 17.2 Å².